The first kappa shape index (κ1) is 16.0. The summed E-state index contributed by atoms with van der Waals surface area (Å²) in [4.78, 5) is 0. The number of ether oxygens (including phenoxy) is 1. The summed E-state index contributed by atoms with van der Waals surface area (Å²) >= 11 is 0. The van der Waals surface area contributed by atoms with Gasteiger partial charge in [0.25, 0.3) is 0 Å². The van der Waals surface area contributed by atoms with E-state index in [0.29, 0.717) is 38.2 Å². The van der Waals surface area contributed by atoms with Crippen molar-refractivity contribution in [2.24, 2.45) is 5.92 Å². The fraction of sp³-hybridized carbons (Fsp3) is 0.533. The van der Waals surface area contributed by atoms with Gasteiger partial charge in [-0.3, -0.25) is 0 Å². The van der Waals surface area contributed by atoms with Crippen molar-refractivity contribution < 1.29 is 13.2 Å². The Balaban J connectivity index is 2.13. The molecule has 1 aromatic rings. The average Bonchev–Trinajstić information content (AvgIpc) is 2.48. The quantitative estimate of drug-likeness (QED) is 0.893. The van der Waals surface area contributed by atoms with E-state index in [-0.39, 0.29) is 5.92 Å². The summed E-state index contributed by atoms with van der Waals surface area (Å²) in [7, 11) is -3.30. The lowest BCUT2D eigenvalue weighted by Gasteiger charge is -2.31. The molecule has 1 aliphatic rings. The van der Waals surface area contributed by atoms with Crippen LogP contribution in [-0.4, -0.2) is 33.4 Å². The van der Waals surface area contributed by atoms with Gasteiger partial charge in [0, 0.05) is 19.1 Å². The summed E-state index contributed by atoms with van der Waals surface area (Å²) in [6, 6.07) is 9.35. The minimum Gasteiger partial charge on any atom is -0.381 e. The van der Waals surface area contributed by atoms with Crippen LogP contribution in [0.2, 0.25) is 0 Å². The first-order valence-electron chi connectivity index (χ1n) is 7.12. The van der Waals surface area contributed by atoms with Crippen LogP contribution in [0.5, 0.6) is 0 Å². The predicted octanol–water partition coefficient (Wildman–Crippen LogP) is 1.45. The lowest BCUT2D eigenvalue weighted by Crippen LogP contribution is -2.44. The van der Waals surface area contributed by atoms with Crippen molar-refractivity contribution >= 4 is 10.0 Å². The van der Waals surface area contributed by atoms with Crippen LogP contribution in [0, 0.1) is 17.2 Å². The zero-order valence-electron chi connectivity index (χ0n) is 12.1. The molecule has 1 aromatic carbocycles. The molecule has 114 valence electrons. The molecule has 1 aliphatic heterocycles. The molecular weight excluding hydrogens is 288 g/mol. The Kier molecular flexibility index (Phi) is 5.34. The van der Waals surface area contributed by atoms with Gasteiger partial charge in [0.05, 0.1) is 23.5 Å². The minimum absolute atomic E-state index is 0.0595. The van der Waals surface area contributed by atoms with Gasteiger partial charge in [-0.2, -0.15) is 5.26 Å². The van der Waals surface area contributed by atoms with E-state index in [1.165, 1.54) is 0 Å². The first-order chi connectivity index (χ1) is 10.1. The molecule has 0 aromatic heterocycles. The topological polar surface area (TPSA) is 79.2 Å². The van der Waals surface area contributed by atoms with E-state index in [9.17, 15) is 8.42 Å². The van der Waals surface area contributed by atoms with E-state index >= 15 is 0 Å². The molecule has 0 aliphatic carbocycles. The molecule has 0 unspecified atom stereocenters. The lowest BCUT2D eigenvalue weighted by molar-refractivity contribution is 0.0570. The number of nitrogens with one attached hydrogen (secondary N) is 1. The number of benzene rings is 1. The van der Waals surface area contributed by atoms with E-state index in [1.54, 1.807) is 19.1 Å². The van der Waals surface area contributed by atoms with E-state index in [2.05, 4.69) is 10.8 Å². The fourth-order valence-corrected chi connectivity index (χ4v) is 4.41. The summed E-state index contributed by atoms with van der Waals surface area (Å²) < 4.78 is 32.6. The molecule has 2 atom stereocenters. The largest absolute Gasteiger partial charge is 0.381 e. The van der Waals surface area contributed by atoms with Crippen LogP contribution in [0.15, 0.2) is 24.3 Å². The molecule has 0 spiro atoms. The second kappa shape index (κ2) is 7.03. The van der Waals surface area contributed by atoms with Crippen molar-refractivity contribution in [3.8, 4) is 6.07 Å². The molecule has 1 heterocycles. The number of nitrogens with zero attached hydrogens (tertiary/aromatic N) is 1. The predicted molar refractivity (Wildman–Crippen MR) is 80.2 cm³/mol. The van der Waals surface area contributed by atoms with Crippen molar-refractivity contribution in [3.63, 3.8) is 0 Å². The summed E-state index contributed by atoms with van der Waals surface area (Å²) in [5.41, 5.74) is 1.64. The minimum atomic E-state index is -3.30. The monoisotopic (exact) mass is 308 g/mol. The highest BCUT2D eigenvalue weighted by molar-refractivity contribution is 7.90. The van der Waals surface area contributed by atoms with Gasteiger partial charge in [0.15, 0.2) is 0 Å². The Bertz CT molecular complexity index is 605. The van der Waals surface area contributed by atoms with Gasteiger partial charge in [-0.15, -0.1) is 0 Å². The second-order valence-electron chi connectivity index (χ2n) is 5.22. The zero-order chi connectivity index (χ0) is 15.3. The summed E-state index contributed by atoms with van der Waals surface area (Å²) in [5, 5.41) is 8.39. The SMILES string of the molecule is CCNS(=O)(=O)[C@H]1CCOC[C@H]1Cc1ccc(C#N)cc1. The number of rotatable bonds is 5. The van der Waals surface area contributed by atoms with Crippen LogP contribution in [-0.2, 0) is 21.2 Å². The number of nitriles is 1. The summed E-state index contributed by atoms with van der Waals surface area (Å²) in [5.74, 6) is -0.0595. The second-order valence-corrected chi connectivity index (χ2v) is 7.20. The molecule has 1 saturated heterocycles. The van der Waals surface area contributed by atoms with Crippen molar-refractivity contribution in [1.82, 2.24) is 4.72 Å². The Morgan fingerprint density at radius 3 is 2.71 bits per heavy atom. The smallest absolute Gasteiger partial charge is 0.214 e. The van der Waals surface area contributed by atoms with Crippen LogP contribution in [0.3, 0.4) is 0 Å². The van der Waals surface area contributed by atoms with E-state index in [0.717, 1.165) is 5.56 Å². The van der Waals surface area contributed by atoms with Crippen molar-refractivity contribution in [1.29, 1.82) is 5.26 Å². The third-order valence-electron chi connectivity index (χ3n) is 3.73. The van der Waals surface area contributed by atoms with Gasteiger partial charge < -0.3 is 4.74 Å². The Morgan fingerprint density at radius 2 is 2.10 bits per heavy atom. The standard InChI is InChI=1S/C15H20N2O3S/c1-2-17-21(18,19)15-7-8-20-11-14(15)9-12-3-5-13(10-16)6-4-12/h3-6,14-15,17H,2,7-9,11H2,1H3/t14-,15+/m1/s1. The maximum Gasteiger partial charge on any atom is 0.214 e. The van der Waals surface area contributed by atoms with Crippen LogP contribution < -0.4 is 4.72 Å². The van der Waals surface area contributed by atoms with Gasteiger partial charge in [-0.1, -0.05) is 19.1 Å². The van der Waals surface area contributed by atoms with Gasteiger partial charge in [0.1, 0.15) is 0 Å². The third kappa shape index (κ3) is 4.03. The molecule has 1 fully saturated rings. The van der Waals surface area contributed by atoms with Crippen molar-refractivity contribution in [2.75, 3.05) is 19.8 Å². The highest BCUT2D eigenvalue weighted by Crippen LogP contribution is 2.25. The van der Waals surface area contributed by atoms with Crippen molar-refractivity contribution in [3.05, 3.63) is 35.4 Å². The normalized spacial score (nSPS) is 22.7. The maximum absolute atomic E-state index is 12.3. The molecule has 0 saturated carbocycles. The van der Waals surface area contributed by atoms with Gasteiger partial charge in [0.2, 0.25) is 10.0 Å². The molecule has 0 radical (unpaired) electrons. The molecule has 1 N–H and O–H groups in total. The average molecular weight is 308 g/mol. The van der Waals surface area contributed by atoms with Gasteiger partial charge >= 0.3 is 0 Å². The van der Waals surface area contributed by atoms with Gasteiger partial charge in [-0.25, -0.2) is 13.1 Å². The molecule has 0 bridgehead atoms. The Hall–Kier alpha value is -1.42. The highest BCUT2D eigenvalue weighted by atomic mass is 32.2. The van der Waals surface area contributed by atoms with E-state index < -0.39 is 15.3 Å². The number of hydrogen-bond acceptors (Lipinski definition) is 4. The Labute approximate surface area is 126 Å². The molecule has 5 nitrogen and oxygen atoms in total. The summed E-state index contributed by atoms with van der Waals surface area (Å²) in [6.45, 7) is 3.13. The maximum atomic E-state index is 12.3. The van der Waals surface area contributed by atoms with Crippen LogP contribution in [0.25, 0.3) is 0 Å². The molecular formula is C15H20N2O3S. The van der Waals surface area contributed by atoms with Gasteiger partial charge in [-0.05, 0) is 30.5 Å². The van der Waals surface area contributed by atoms with Crippen LogP contribution >= 0.6 is 0 Å². The van der Waals surface area contributed by atoms with Crippen LogP contribution in [0.1, 0.15) is 24.5 Å². The molecule has 6 heteroatoms. The molecule has 21 heavy (non-hydrogen) atoms. The highest BCUT2D eigenvalue weighted by Gasteiger charge is 2.35. The number of sulfonamides is 1. The van der Waals surface area contributed by atoms with E-state index in [4.69, 9.17) is 10.00 Å². The zero-order valence-corrected chi connectivity index (χ0v) is 12.9. The molecule has 2 rings (SSSR count). The Morgan fingerprint density at radius 1 is 1.38 bits per heavy atom. The fourth-order valence-electron chi connectivity index (χ4n) is 2.70. The molecule has 0 amide bonds. The lowest BCUT2D eigenvalue weighted by atomic mass is 9.93. The van der Waals surface area contributed by atoms with Crippen molar-refractivity contribution in [2.45, 2.75) is 25.0 Å². The van der Waals surface area contributed by atoms with E-state index in [1.807, 2.05) is 12.1 Å². The summed E-state index contributed by atoms with van der Waals surface area (Å²) in [6.07, 6.45) is 1.16. The first-order valence-corrected chi connectivity index (χ1v) is 8.66. The van der Waals surface area contributed by atoms with Crippen LogP contribution in [0.4, 0.5) is 0 Å². The third-order valence-corrected chi connectivity index (χ3v) is 5.84. The number of hydrogen-bond donors (Lipinski definition) is 1.